The number of pyridine rings is 1. The number of nitrogens with two attached hydrogens (primary N) is 1. The van der Waals surface area contributed by atoms with Crippen molar-refractivity contribution in [3.05, 3.63) is 72.4 Å². The van der Waals surface area contributed by atoms with Crippen molar-refractivity contribution >= 4 is 11.8 Å². The molecular weight excluding hydrogens is 342 g/mol. The second-order valence-electron chi connectivity index (χ2n) is 6.61. The predicted molar refractivity (Wildman–Crippen MR) is 103 cm³/mol. The van der Waals surface area contributed by atoms with E-state index in [4.69, 9.17) is 15.6 Å². The average molecular weight is 361 g/mol. The zero-order valence-electron chi connectivity index (χ0n) is 14.6. The second-order valence-corrected chi connectivity index (χ2v) is 6.61. The summed E-state index contributed by atoms with van der Waals surface area (Å²) in [6, 6.07) is 19.6. The minimum atomic E-state index is -1.06. The summed E-state index contributed by atoms with van der Waals surface area (Å²) in [6.07, 6.45) is 0.581. The smallest absolute Gasteiger partial charge is 0.405 e. The number of hydrogen-bond acceptors (Lipinski definition) is 4. The van der Waals surface area contributed by atoms with Crippen molar-refractivity contribution in [2.45, 2.75) is 5.54 Å². The third-order valence-electron chi connectivity index (χ3n) is 4.75. The van der Waals surface area contributed by atoms with Gasteiger partial charge in [0.05, 0.1) is 30.8 Å². The van der Waals surface area contributed by atoms with Gasteiger partial charge in [-0.15, -0.1) is 0 Å². The Balaban J connectivity index is 1.72. The molecule has 0 radical (unpaired) electrons. The lowest BCUT2D eigenvalue weighted by molar-refractivity contribution is -0.0743. The third kappa shape index (κ3) is 3.22. The van der Waals surface area contributed by atoms with Gasteiger partial charge in [0.2, 0.25) is 0 Å². The molecule has 136 valence electrons. The van der Waals surface area contributed by atoms with Crippen molar-refractivity contribution in [2.24, 2.45) is 0 Å². The van der Waals surface area contributed by atoms with Gasteiger partial charge in [0.25, 0.3) is 0 Å². The lowest BCUT2D eigenvalue weighted by Gasteiger charge is -2.41. The molecule has 1 aromatic heterocycles. The average Bonchev–Trinajstić information content (AvgIpc) is 2.65. The van der Waals surface area contributed by atoms with Crippen LogP contribution in [0.1, 0.15) is 5.56 Å². The van der Waals surface area contributed by atoms with Gasteiger partial charge in [-0.3, -0.25) is 4.98 Å². The van der Waals surface area contributed by atoms with Gasteiger partial charge in [0, 0.05) is 11.1 Å². The minimum Gasteiger partial charge on any atom is -0.465 e. The number of amides is 1. The topological polar surface area (TPSA) is 97.5 Å². The fourth-order valence-corrected chi connectivity index (χ4v) is 3.32. The van der Waals surface area contributed by atoms with Crippen molar-refractivity contribution in [1.29, 1.82) is 0 Å². The zero-order chi connectivity index (χ0) is 18.9. The number of nitrogens with zero attached hydrogens (tertiary/aromatic N) is 1. The van der Waals surface area contributed by atoms with Gasteiger partial charge in [-0.2, -0.15) is 0 Å². The number of benzene rings is 2. The van der Waals surface area contributed by atoms with Crippen LogP contribution in [0.15, 0.2) is 66.9 Å². The molecule has 2 aromatic carbocycles. The van der Waals surface area contributed by atoms with Gasteiger partial charge in [-0.25, -0.2) is 4.79 Å². The van der Waals surface area contributed by atoms with E-state index in [1.807, 2.05) is 60.7 Å². The van der Waals surface area contributed by atoms with E-state index in [2.05, 4.69) is 10.3 Å². The summed E-state index contributed by atoms with van der Waals surface area (Å²) >= 11 is 0. The van der Waals surface area contributed by atoms with E-state index >= 15 is 0 Å². The molecule has 27 heavy (non-hydrogen) atoms. The molecular formula is C21H19N3O3. The first-order valence-electron chi connectivity index (χ1n) is 8.58. The van der Waals surface area contributed by atoms with Crippen LogP contribution in [0.5, 0.6) is 0 Å². The zero-order valence-corrected chi connectivity index (χ0v) is 14.6. The van der Waals surface area contributed by atoms with Crippen LogP contribution < -0.4 is 11.1 Å². The summed E-state index contributed by atoms with van der Waals surface area (Å²) in [5, 5.41) is 11.7. The molecule has 1 amide bonds. The summed E-state index contributed by atoms with van der Waals surface area (Å²) in [5.74, 6) is 0. The van der Waals surface area contributed by atoms with Crippen LogP contribution in [0.25, 0.3) is 22.4 Å². The van der Waals surface area contributed by atoms with E-state index in [0.717, 1.165) is 27.9 Å². The van der Waals surface area contributed by atoms with Crippen molar-refractivity contribution in [2.75, 3.05) is 18.9 Å². The molecule has 1 saturated heterocycles. The Morgan fingerprint density at radius 2 is 1.78 bits per heavy atom. The first-order valence-corrected chi connectivity index (χ1v) is 8.58. The Morgan fingerprint density at radius 3 is 2.37 bits per heavy atom. The Kier molecular flexibility index (Phi) is 4.25. The lowest BCUT2D eigenvalue weighted by atomic mass is 9.87. The summed E-state index contributed by atoms with van der Waals surface area (Å²) in [4.78, 5) is 15.7. The molecule has 1 fully saturated rings. The highest BCUT2D eigenvalue weighted by atomic mass is 16.5. The molecule has 6 heteroatoms. The molecule has 0 unspecified atom stereocenters. The molecule has 4 rings (SSSR count). The maximum absolute atomic E-state index is 11.1. The lowest BCUT2D eigenvalue weighted by Crippen LogP contribution is -2.59. The number of hydrogen-bond donors (Lipinski definition) is 3. The molecule has 6 nitrogen and oxygen atoms in total. The molecule has 0 bridgehead atoms. The van der Waals surface area contributed by atoms with Crippen LogP contribution in [0.2, 0.25) is 0 Å². The van der Waals surface area contributed by atoms with Crippen LogP contribution in [-0.2, 0) is 10.3 Å². The first-order chi connectivity index (χ1) is 13.1. The monoisotopic (exact) mass is 361 g/mol. The molecule has 1 aliphatic rings. The minimum absolute atomic E-state index is 0.327. The van der Waals surface area contributed by atoms with Gasteiger partial charge in [0.15, 0.2) is 0 Å². The van der Waals surface area contributed by atoms with Crippen molar-refractivity contribution in [3.8, 4) is 22.4 Å². The number of nitrogen functional groups attached to an aromatic ring is 1. The summed E-state index contributed by atoms with van der Waals surface area (Å²) in [7, 11) is 0. The standard InChI is InChI=1S/C21H19N3O3/c22-17-10-18(14-4-2-1-3-5-14)19(23-11-17)15-6-8-16(9-7-15)21(12-27-13-21)24-20(25)26/h1-11,24H,12-13,22H2,(H,25,26). The van der Waals surface area contributed by atoms with E-state index < -0.39 is 11.6 Å². The van der Waals surface area contributed by atoms with Gasteiger partial charge in [0.1, 0.15) is 5.54 Å². The van der Waals surface area contributed by atoms with Crippen molar-refractivity contribution in [3.63, 3.8) is 0 Å². The second kappa shape index (κ2) is 6.74. The largest absolute Gasteiger partial charge is 0.465 e. The molecule has 2 heterocycles. The number of rotatable bonds is 4. The number of nitrogens with one attached hydrogen (secondary N) is 1. The van der Waals surface area contributed by atoms with Crippen molar-refractivity contribution < 1.29 is 14.6 Å². The molecule has 1 aliphatic heterocycles. The number of carboxylic acid groups (broad SMARTS) is 1. The maximum atomic E-state index is 11.1. The number of carbonyl (C=O) groups is 1. The van der Waals surface area contributed by atoms with E-state index in [1.54, 1.807) is 6.20 Å². The van der Waals surface area contributed by atoms with Crippen LogP contribution in [0.4, 0.5) is 10.5 Å². The van der Waals surface area contributed by atoms with Gasteiger partial charge in [-0.1, -0.05) is 54.6 Å². The fourth-order valence-electron chi connectivity index (χ4n) is 3.32. The SMILES string of the molecule is Nc1cnc(-c2ccc(C3(NC(=O)O)COC3)cc2)c(-c2ccccc2)c1. The van der Waals surface area contributed by atoms with E-state index in [9.17, 15) is 4.79 Å². The van der Waals surface area contributed by atoms with E-state index in [0.29, 0.717) is 18.9 Å². The predicted octanol–water partition coefficient (Wildman–Crippen LogP) is 3.49. The highest BCUT2D eigenvalue weighted by molar-refractivity contribution is 5.82. The molecule has 0 aliphatic carbocycles. The molecule has 3 aromatic rings. The highest BCUT2D eigenvalue weighted by Crippen LogP contribution is 2.34. The van der Waals surface area contributed by atoms with Crippen LogP contribution >= 0.6 is 0 Å². The molecule has 0 spiro atoms. The van der Waals surface area contributed by atoms with Crippen LogP contribution in [-0.4, -0.2) is 29.4 Å². The first kappa shape index (κ1) is 17.1. The molecule has 4 N–H and O–H groups in total. The summed E-state index contributed by atoms with van der Waals surface area (Å²) in [5.41, 5.74) is 10.5. The van der Waals surface area contributed by atoms with E-state index in [1.165, 1.54) is 0 Å². The quantitative estimate of drug-likeness (QED) is 0.661. The summed E-state index contributed by atoms with van der Waals surface area (Å²) < 4.78 is 5.25. The Labute approximate surface area is 156 Å². The third-order valence-corrected chi connectivity index (χ3v) is 4.75. The number of anilines is 1. The Bertz CT molecular complexity index is 968. The van der Waals surface area contributed by atoms with Crippen molar-refractivity contribution in [1.82, 2.24) is 10.3 Å². The normalized spacial score (nSPS) is 15.0. The molecule has 0 saturated carbocycles. The van der Waals surface area contributed by atoms with Gasteiger partial charge >= 0.3 is 6.09 Å². The summed E-state index contributed by atoms with van der Waals surface area (Å²) in [6.45, 7) is 0.655. The number of ether oxygens (including phenoxy) is 1. The van der Waals surface area contributed by atoms with Gasteiger partial charge in [-0.05, 0) is 17.2 Å². The van der Waals surface area contributed by atoms with E-state index in [-0.39, 0.29) is 0 Å². The Hall–Kier alpha value is -3.38. The Morgan fingerprint density at radius 1 is 1.07 bits per heavy atom. The maximum Gasteiger partial charge on any atom is 0.405 e. The van der Waals surface area contributed by atoms with Gasteiger partial charge < -0.3 is 20.9 Å². The fraction of sp³-hybridized carbons (Fsp3) is 0.143. The highest BCUT2D eigenvalue weighted by Gasteiger charge is 2.41. The van der Waals surface area contributed by atoms with Crippen LogP contribution in [0.3, 0.4) is 0 Å². The van der Waals surface area contributed by atoms with Crippen LogP contribution in [0, 0.1) is 0 Å². The molecule has 0 atom stereocenters. The number of aromatic nitrogens is 1.